The molecule has 0 radical (unpaired) electrons. The second kappa shape index (κ2) is 9.69. The van der Waals surface area contributed by atoms with Crippen molar-refractivity contribution in [3.8, 4) is 28.3 Å². The fourth-order valence-electron chi connectivity index (χ4n) is 4.34. The van der Waals surface area contributed by atoms with E-state index < -0.39 is 0 Å². The topological polar surface area (TPSA) is 54.6 Å². The molecular formula is C28H30N4O2. The number of ether oxygens (including phenoxy) is 1. The predicted octanol–water partition coefficient (Wildman–Crippen LogP) is 5.68. The molecule has 1 aliphatic rings. The minimum Gasteiger partial charge on any atom is -0.481 e. The normalized spacial score (nSPS) is 16.7. The van der Waals surface area contributed by atoms with E-state index in [0.29, 0.717) is 17.8 Å². The molecule has 6 heteroatoms. The molecule has 1 saturated heterocycles. The molecule has 1 fully saturated rings. The highest BCUT2D eigenvalue weighted by Crippen LogP contribution is 2.29. The van der Waals surface area contributed by atoms with Crippen molar-refractivity contribution >= 4 is 5.69 Å². The van der Waals surface area contributed by atoms with Gasteiger partial charge >= 0.3 is 0 Å². The second-order valence-electron chi connectivity index (χ2n) is 8.99. The fraction of sp³-hybridized carbons (Fsp3) is 0.286. The third-order valence-corrected chi connectivity index (χ3v) is 6.44. The van der Waals surface area contributed by atoms with E-state index in [2.05, 4.69) is 70.5 Å². The van der Waals surface area contributed by atoms with Gasteiger partial charge in [-0.15, -0.1) is 10.2 Å². The number of nitrogens with zero attached hydrogens (tertiary/aromatic N) is 4. The van der Waals surface area contributed by atoms with Crippen LogP contribution in [0.3, 0.4) is 0 Å². The molecule has 4 aromatic rings. The van der Waals surface area contributed by atoms with E-state index in [4.69, 9.17) is 9.15 Å². The van der Waals surface area contributed by atoms with Gasteiger partial charge in [0.1, 0.15) is 5.75 Å². The van der Waals surface area contributed by atoms with Gasteiger partial charge in [-0.3, -0.25) is 0 Å². The highest BCUT2D eigenvalue weighted by atomic mass is 16.5. The molecule has 34 heavy (non-hydrogen) atoms. The van der Waals surface area contributed by atoms with Gasteiger partial charge < -0.3 is 19.0 Å². The van der Waals surface area contributed by atoms with Gasteiger partial charge in [-0.25, -0.2) is 0 Å². The van der Waals surface area contributed by atoms with Crippen LogP contribution in [0.4, 0.5) is 5.69 Å². The average molecular weight is 455 g/mol. The molecule has 0 N–H and O–H groups in total. The summed E-state index contributed by atoms with van der Waals surface area (Å²) in [4.78, 5) is 4.72. The summed E-state index contributed by atoms with van der Waals surface area (Å²) >= 11 is 0. The number of anilines is 1. The molecule has 0 spiro atoms. The Kier molecular flexibility index (Phi) is 6.32. The van der Waals surface area contributed by atoms with Crippen LogP contribution in [-0.4, -0.2) is 48.3 Å². The molecule has 0 amide bonds. The van der Waals surface area contributed by atoms with Crippen molar-refractivity contribution in [2.45, 2.75) is 25.5 Å². The molecule has 1 aliphatic heterocycles. The monoisotopic (exact) mass is 454 g/mol. The van der Waals surface area contributed by atoms with Gasteiger partial charge in [0.15, 0.2) is 6.10 Å². The third-order valence-electron chi connectivity index (χ3n) is 6.44. The zero-order chi connectivity index (χ0) is 23.5. The van der Waals surface area contributed by atoms with Gasteiger partial charge in [0, 0.05) is 30.4 Å². The summed E-state index contributed by atoms with van der Waals surface area (Å²) in [7, 11) is 4.30. The van der Waals surface area contributed by atoms with Gasteiger partial charge in [0.2, 0.25) is 5.89 Å². The number of aromatic nitrogens is 2. The summed E-state index contributed by atoms with van der Waals surface area (Å²) in [5.74, 6) is 1.72. The van der Waals surface area contributed by atoms with Crippen LogP contribution in [0, 0.1) is 0 Å². The number of benzene rings is 3. The molecule has 0 bridgehead atoms. The minimum atomic E-state index is -0.351. The van der Waals surface area contributed by atoms with Crippen LogP contribution in [-0.2, 0) is 0 Å². The van der Waals surface area contributed by atoms with Crippen molar-refractivity contribution in [1.29, 1.82) is 0 Å². The zero-order valence-electron chi connectivity index (χ0n) is 19.9. The van der Waals surface area contributed by atoms with Gasteiger partial charge in [-0.1, -0.05) is 42.5 Å². The van der Waals surface area contributed by atoms with Gasteiger partial charge in [-0.05, 0) is 75.0 Å². The molecule has 3 aromatic carbocycles. The first-order chi connectivity index (χ1) is 16.6. The quantitative estimate of drug-likeness (QED) is 0.358. The molecule has 2 unspecified atom stereocenters. The van der Waals surface area contributed by atoms with E-state index in [-0.39, 0.29) is 6.10 Å². The molecule has 1 aromatic heterocycles. The van der Waals surface area contributed by atoms with Crippen LogP contribution in [0.25, 0.3) is 22.6 Å². The molecule has 6 nitrogen and oxygen atoms in total. The van der Waals surface area contributed by atoms with E-state index in [1.54, 1.807) is 0 Å². The van der Waals surface area contributed by atoms with Crippen LogP contribution < -0.4 is 9.64 Å². The van der Waals surface area contributed by atoms with E-state index in [1.165, 1.54) is 17.7 Å². The Balaban J connectivity index is 1.22. The smallest absolute Gasteiger partial charge is 0.257 e. The van der Waals surface area contributed by atoms with Crippen molar-refractivity contribution < 1.29 is 9.15 Å². The van der Waals surface area contributed by atoms with E-state index in [0.717, 1.165) is 30.0 Å². The molecule has 2 atom stereocenters. The third kappa shape index (κ3) is 4.82. The Hall–Kier alpha value is -3.64. The second-order valence-corrected chi connectivity index (χ2v) is 8.99. The summed E-state index contributed by atoms with van der Waals surface area (Å²) in [6.07, 6.45) is 0.838. The molecule has 0 saturated carbocycles. The van der Waals surface area contributed by atoms with Crippen LogP contribution in [0.2, 0.25) is 0 Å². The Morgan fingerprint density at radius 1 is 0.882 bits per heavy atom. The maximum Gasteiger partial charge on any atom is 0.257 e. The van der Waals surface area contributed by atoms with Crippen LogP contribution in [0.5, 0.6) is 5.75 Å². The SMILES string of the molecule is CC(Oc1ccc(-c2ccccc2)cc1)c1nnc(-c2ccc(N3CCC(N(C)C)C3)cc2)o1. The van der Waals surface area contributed by atoms with Crippen molar-refractivity contribution in [3.05, 3.63) is 84.8 Å². The van der Waals surface area contributed by atoms with E-state index in [9.17, 15) is 0 Å². The van der Waals surface area contributed by atoms with E-state index >= 15 is 0 Å². The average Bonchev–Trinajstić information content (AvgIpc) is 3.56. The van der Waals surface area contributed by atoms with E-state index in [1.807, 2.05) is 49.4 Å². The molecule has 0 aliphatic carbocycles. The maximum absolute atomic E-state index is 6.05. The fourth-order valence-corrected chi connectivity index (χ4v) is 4.34. The Labute approximate surface area is 200 Å². The van der Waals surface area contributed by atoms with Crippen molar-refractivity contribution in [2.75, 3.05) is 32.1 Å². The van der Waals surface area contributed by atoms with Crippen molar-refractivity contribution in [2.24, 2.45) is 0 Å². The first kappa shape index (κ1) is 22.2. The maximum atomic E-state index is 6.05. The van der Waals surface area contributed by atoms with Crippen LogP contribution in [0.15, 0.2) is 83.3 Å². The molecule has 174 valence electrons. The lowest BCUT2D eigenvalue weighted by molar-refractivity contribution is 0.189. The highest BCUT2D eigenvalue weighted by Gasteiger charge is 2.24. The summed E-state index contributed by atoms with van der Waals surface area (Å²) in [6.45, 7) is 4.05. The lowest BCUT2D eigenvalue weighted by Crippen LogP contribution is -2.31. The Morgan fingerprint density at radius 2 is 1.56 bits per heavy atom. The summed E-state index contributed by atoms with van der Waals surface area (Å²) in [5, 5.41) is 8.47. The number of hydrogen-bond acceptors (Lipinski definition) is 6. The number of likely N-dealkylation sites (N-methyl/N-ethyl adjacent to an activating group) is 1. The molecule has 5 rings (SSSR count). The number of rotatable bonds is 7. The number of hydrogen-bond donors (Lipinski definition) is 0. The predicted molar refractivity (Wildman–Crippen MR) is 135 cm³/mol. The first-order valence-electron chi connectivity index (χ1n) is 11.7. The standard InChI is InChI=1S/C28H30N4O2/c1-20(33-26-15-11-22(12-16-26)21-7-5-4-6-8-21)27-29-30-28(34-27)23-9-13-24(14-10-23)32-18-17-25(19-32)31(2)3/h4-16,20,25H,17-19H2,1-3H3. The lowest BCUT2D eigenvalue weighted by atomic mass is 10.1. The summed E-state index contributed by atoms with van der Waals surface area (Å²) < 4.78 is 12.0. The summed E-state index contributed by atoms with van der Waals surface area (Å²) in [5.41, 5.74) is 4.46. The minimum absolute atomic E-state index is 0.351. The van der Waals surface area contributed by atoms with Gasteiger partial charge in [0.25, 0.3) is 5.89 Å². The zero-order valence-corrected chi connectivity index (χ0v) is 19.9. The lowest BCUT2D eigenvalue weighted by Gasteiger charge is -2.21. The first-order valence-corrected chi connectivity index (χ1v) is 11.7. The summed E-state index contributed by atoms with van der Waals surface area (Å²) in [6, 6.07) is 27.3. The Bertz CT molecular complexity index is 1200. The Morgan fingerprint density at radius 3 is 2.24 bits per heavy atom. The van der Waals surface area contributed by atoms with Gasteiger partial charge in [-0.2, -0.15) is 0 Å². The van der Waals surface area contributed by atoms with Gasteiger partial charge in [0.05, 0.1) is 0 Å². The molecular weight excluding hydrogens is 424 g/mol. The van der Waals surface area contributed by atoms with Crippen molar-refractivity contribution in [3.63, 3.8) is 0 Å². The van der Waals surface area contributed by atoms with Crippen LogP contribution >= 0.6 is 0 Å². The molecule has 2 heterocycles. The van der Waals surface area contributed by atoms with Crippen molar-refractivity contribution in [1.82, 2.24) is 15.1 Å². The highest BCUT2D eigenvalue weighted by molar-refractivity contribution is 5.64. The largest absolute Gasteiger partial charge is 0.481 e. The van der Waals surface area contributed by atoms with Crippen LogP contribution in [0.1, 0.15) is 25.3 Å².